The molecule has 3 aliphatic heterocycles. The summed E-state index contributed by atoms with van der Waals surface area (Å²) in [7, 11) is 0. The van der Waals surface area contributed by atoms with Crippen LogP contribution >= 0.6 is 23.1 Å². The van der Waals surface area contributed by atoms with Crippen LogP contribution in [-0.4, -0.2) is 51.8 Å². The topological polar surface area (TPSA) is 105 Å². The first-order valence-electron chi connectivity index (χ1n) is 9.12. The van der Waals surface area contributed by atoms with Gasteiger partial charge in [-0.3, -0.25) is 4.79 Å². The third-order valence-corrected chi connectivity index (χ3v) is 7.41. The van der Waals surface area contributed by atoms with Gasteiger partial charge in [-0.05, 0) is 25.7 Å². The van der Waals surface area contributed by atoms with Crippen molar-refractivity contribution >= 4 is 40.2 Å². The Labute approximate surface area is 160 Å². The molecule has 3 saturated heterocycles. The molecule has 1 unspecified atom stereocenters. The first kappa shape index (κ1) is 18.0. The molecule has 0 radical (unpaired) electrons. The van der Waals surface area contributed by atoms with Crippen molar-refractivity contribution in [1.29, 1.82) is 0 Å². The van der Waals surface area contributed by atoms with E-state index in [0.29, 0.717) is 16.8 Å². The van der Waals surface area contributed by atoms with E-state index in [1.807, 2.05) is 11.8 Å². The van der Waals surface area contributed by atoms with E-state index in [1.54, 1.807) is 0 Å². The second-order valence-corrected chi connectivity index (χ2v) is 9.14. The molecule has 0 aromatic carbocycles. The van der Waals surface area contributed by atoms with Gasteiger partial charge < -0.3 is 20.7 Å². The Bertz CT molecular complexity index is 664. The highest BCUT2D eigenvalue weighted by atomic mass is 32.2. The summed E-state index contributed by atoms with van der Waals surface area (Å²) in [6.07, 6.45) is 5.36. The molecule has 3 aliphatic rings. The van der Waals surface area contributed by atoms with Crippen molar-refractivity contribution in [3.8, 4) is 0 Å². The Morgan fingerprint density at radius 3 is 3.08 bits per heavy atom. The lowest BCUT2D eigenvalue weighted by Crippen LogP contribution is -2.36. The number of hydrogen-bond acceptors (Lipinski definition) is 7. The summed E-state index contributed by atoms with van der Waals surface area (Å²) in [6.45, 7) is 0.770. The number of nitrogens with zero attached hydrogens (tertiary/aromatic N) is 2. The highest BCUT2D eigenvalue weighted by Gasteiger charge is 2.42. The average Bonchev–Trinajstić information content (AvgIpc) is 3.36. The second kappa shape index (κ2) is 8.10. The van der Waals surface area contributed by atoms with Crippen LogP contribution in [0.15, 0.2) is 0 Å². The maximum atomic E-state index is 12.1. The minimum atomic E-state index is -0.0518. The van der Waals surface area contributed by atoms with E-state index in [-0.39, 0.29) is 30.1 Å². The van der Waals surface area contributed by atoms with Crippen molar-refractivity contribution < 1.29 is 14.3 Å². The molecule has 0 saturated carbocycles. The smallest absolute Gasteiger partial charge is 0.315 e. The zero-order valence-corrected chi connectivity index (χ0v) is 16.0. The lowest BCUT2D eigenvalue weighted by molar-refractivity contribution is -0.116. The lowest BCUT2D eigenvalue weighted by atomic mass is 10.0. The number of rotatable bonds is 7. The molecule has 0 bridgehead atoms. The number of urea groups is 1. The molecule has 4 atom stereocenters. The molecule has 8 nitrogen and oxygen atoms in total. The fourth-order valence-electron chi connectivity index (χ4n) is 3.64. The van der Waals surface area contributed by atoms with Crippen LogP contribution in [0.25, 0.3) is 0 Å². The second-order valence-electron chi connectivity index (χ2n) is 6.86. The van der Waals surface area contributed by atoms with E-state index >= 15 is 0 Å². The molecule has 26 heavy (non-hydrogen) atoms. The van der Waals surface area contributed by atoms with Gasteiger partial charge in [-0.15, -0.1) is 10.2 Å². The highest BCUT2D eigenvalue weighted by molar-refractivity contribution is 8.00. The van der Waals surface area contributed by atoms with Crippen LogP contribution in [0.1, 0.15) is 49.6 Å². The average molecular weight is 398 g/mol. The van der Waals surface area contributed by atoms with Crippen LogP contribution < -0.4 is 16.0 Å². The molecule has 4 heterocycles. The number of fused-ring (bicyclic) bond motifs is 1. The van der Waals surface area contributed by atoms with Gasteiger partial charge in [-0.1, -0.05) is 17.8 Å². The van der Waals surface area contributed by atoms with Crippen LogP contribution in [0.4, 0.5) is 9.93 Å². The van der Waals surface area contributed by atoms with Gasteiger partial charge in [0.05, 0.1) is 12.1 Å². The van der Waals surface area contributed by atoms with Crippen molar-refractivity contribution in [2.75, 3.05) is 17.7 Å². The zero-order chi connectivity index (χ0) is 17.9. The number of carbonyl (C=O) groups excluding carboxylic acids is 2. The number of hydrogen-bond donors (Lipinski definition) is 3. The van der Waals surface area contributed by atoms with Gasteiger partial charge in [0.1, 0.15) is 11.1 Å². The molecule has 4 rings (SSSR count). The molecule has 3 N–H and O–H groups in total. The number of anilines is 1. The van der Waals surface area contributed by atoms with Crippen LogP contribution in [0, 0.1) is 0 Å². The Morgan fingerprint density at radius 1 is 1.31 bits per heavy atom. The summed E-state index contributed by atoms with van der Waals surface area (Å²) < 4.78 is 5.58. The molecule has 0 aliphatic carbocycles. The number of ether oxygens (including phenoxy) is 1. The fourth-order valence-corrected chi connectivity index (χ4v) is 6.03. The largest absolute Gasteiger partial charge is 0.371 e. The fraction of sp³-hybridized carbons (Fsp3) is 0.750. The summed E-state index contributed by atoms with van der Waals surface area (Å²) in [6, 6.07) is 0.444. The summed E-state index contributed by atoms with van der Waals surface area (Å²) in [5, 5.41) is 18.8. The molecular weight excluding hydrogens is 374 g/mol. The molecule has 142 valence electrons. The molecule has 1 aromatic rings. The lowest BCUT2D eigenvalue weighted by Gasteiger charge is -2.16. The van der Waals surface area contributed by atoms with Crippen molar-refractivity contribution in [2.45, 2.75) is 62.0 Å². The number of unbranched alkanes of at least 4 members (excludes halogenated alkanes) is 1. The molecule has 10 heteroatoms. The van der Waals surface area contributed by atoms with Gasteiger partial charge in [-0.25, -0.2) is 4.79 Å². The van der Waals surface area contributed by atoms with Gasteiger partial charge in [0, 0.05) is 24.0 Å². The Morgan fingerprint density at radius 2 is 2.23 bits per heavy atom. The number of amides is 3. The molecule has 0 spiro atoms. The van der Waals surface area contributed by atoms with Crippen LogP contribution in [-0.2, 0) is 9.53 Å². The summed E-state index contributed by atoms with van der Waals surface area (Å²) in [5.74, 6) is 0.950. The molecule has 1 aromatic heterocycles. The molecular formula is C16H23N5O3S2. The highest BCUT2D eigenvalue weighted by Crippen LogP contribution is 2.33. The van der Waals surface area contributed by atoms with Gasteiger partial charge in [0.25, 0.3) is 0 Å². The van der Waals surface area contributed by atoms with Crippen LogP contribution in [0.5, 0.6) is 0 Å². The SMILES string of the molecule is O=C(CCCC[C@@H]1SC[C@@H]2NC(=O)N[C@@H]21)Nc1nnc(C2CCCO2)s1. The predicted octanol–water partition coefficient (Wildman–Crippen LogP) is 2.05. The van der Waals surface area contributed by atoms with Crippen molar-refractivity contribution in [2.24, 2.45) is 0 Å². The van der Waals surface area contributed by atoms with E-state index in [2.05, 4.69) is 26.1 Å². The van der Waals surface area contributed by atoms with E-state index in [9.17, 15) is 9.59 Å². The van der Waals surface area contributed by atoms with Gasteiger partial charge in [0.2, 0.25) is 11.0 Å². The quantitative estimate of drug-likeness (QED) is 0.480. The summed E-state index contributed by atoms with van der Waals surface area (Å²) in [4.78, 5) is 23.5. The van der Waals surface area contributed by atoms with E-state index in [1.165, 1.54) is 11.3 Å². The standard InChI is InChI=1S/C16H23N5O3S2/c22-12(18-16-21-20-14(26-16)10-4-3-7-24-10)6-2-1-5-11-13-9(8-25-11)17-15(23)19-13/h9-11,13H,1-8H2,(H2,17,19,23)(H,18,21,22)/t9-,10?,11-,13-/m0/s1. The molecule has 3 fully saturated rings. The van der Waals surface area contributed by atoms with E-state index in [4.69, 9.17) is 4.74 Å². The maximum Gasteiger partial charge on any atom is 0.315 e. The van der Waals surface area contributed by atoms with Gasteiger partial charge in [-0.2, -0.15) is 11.8 Å². The monoisotopic (exact) mass is 397 g/mol. The van der Waals surface area contributed by atoms with Crippen molar-refractivity contribution in [3.05, 3.63) is 5.01 Å². The third-order valence-electron chi connectivity index (χ3n) is 4.97. The zero-order valence-electron chi connectivity index (χ0n) is 14.4. The van der Waals surface area contributed by atoms with Gasteiger partial charge in [0.15, 0.2) is 0 Å². The maximum absolute atomic E-state index is 12.1. The van der Waals surface area contributed by atoms with Crippen LogP contribution in [0.3, 0.4) is 0 Å². The molecule has 3 amide bonds. The van der Waals surface area contributed by atoms with Crippen molar-refractivity contribution in [3.63, 3.8) is 0 Å². The number of nitrogens with one attached hydrogen (secondary N) is 3. The Kier molecular flexibility index (Phi) is 5.60. The summed E-state index contributed by atoms with van der Waals surface area (Å²) >= 11 is 3.31. The van der Waals surface area contributed by atoms with E-state index < -0.39 is 0 Å². The number of aromatic nitrogens is 2. The summed E-state index contributed by atoms with van der Waals surface area (Å²) in [5.41, 5.74) is 0. The third kappa shape index (κ3) is 4.12. The first-order valence-corrected chi connectivity index (χ1v) is 11.0. The Balaban J connectivity index is 1.15. The van der Waals surface area contributed by atoms with E-state index in [0.717, 1.165) is 49.5 Å². The van der Waals surface area contributed by atoms with Crippen molar-refractivity contribution in [1.82, 2.24) is 20.8 Å². The number of carbonyl (C=O) groups is 2. The minimum Gasteiger partial charge on any atom is -0.371 e. The first-order chi connectivity index (χ1) is 12.7. The Hall–Kier alpha value is -1.39. The minimum absolute atomic E-state index is 0.0205. The van der Waals surface area contributed by atoms with Gasteiger partial charge >= 0.3 is 6.03 Å². The number of thioether (sulfide) groups is 1. The predicted molar refractivity (Wildman–Crippen MR) is 100 cm³/mol. The normalized spacial score (nSPS) is 30.1. The van der Waals surface area contributed by atoms with Crippen LogP contribution in [0.2, 0.25) is 0 Å².